The van der Waals surface area contributed by atoms with Crippen molar-refractivity contribution in [2.24, 2.45) is 5.41 Å². The van der Waals surface area contributed by atoms with Crippen LogP contribution in [0.2, 0.25) is 0 Å². The molecule has 0 aliphatic carbocycles. The van der Waals surface area contributed by atoms with Gasteiger partial charge in [0.15, 0.2) is 0 Å². The van der Waals surface area contributed by atoms with E-state index >= 15 is 0 Å². The average molecular weight is 208 g/mol. The Morgan fingerprint density at radius 3 is 2.20 bits per heavy atom. The molecule has 0 radical (unpaired) electrons. The van der Waals surface area contributed by atoms with Gasteiger partial charge in [-0.25, -0.2) is 4.98 Å². The van der Waals surface area contributed by atoms with E-state index < -0.39 is 0 Å². The monoisotopic (exact) mass is 208 g/mol. The van der Waals surface area contributed by atoms with Crippen molar-refractivity contribution in [2.75, 3.05) is 0 Å². The summed E-state index contributed by atoms with van der Waals surface area (Å²) >= 11 is 0. The number of aryl methyl sites for hydroxylation is 1. The minimum absolute atomic E-state index is 0.189. The second-order valence-corrected chi connectivity index (χ2v) is 6.53. The molecule has 86 valence electrons. The predicted octanol–water partition coefficient (Wildman–Crippen LogP) is 3.62. The zero-order valence-electron chi connectivity index (χ0n) is 11.0. The van der Waals surface area contributed by atoms with Gasteiger partial charge in [-0.15, -0.1) is 0 Å². The molecular weight excluding hydrogens is 184 g/mol. The summed E-state index contributed by atoms with van der Waals surface area (Å²) in [6, 6.07) is 0. The third-order valence-electron chi connectivity index (χ3n) is 2.58. The highest BCUT2D eigenvalue weighted by atomic mass is 15.0. The van der Waals surface area contributed by atoms with Crippen LogP contribution in [0.3, 0.4) is 0 Å². The topological polar surface area (TPSA) is 17.8 Å². The maximum atomic E-state index is 4.25. The standard InChI is InChI=1S/C13H24N2/c1-12(2,3)7-8-15-10-14-9-11(15)13(4,5)6/h9-10H,7-8H2,1-6H3. The largest absolute Gasteiger partial charge is 0.334 e. The smallest absolute Gasteiger partial charge is 0.0948 e. The molecular formula is C13H24N2. The lowest BCUT2D eigenvalue weighted by molar-refractivity contribution is 0.342. The summed E-state index contributed by atoms with van der Waals surface area (Å²) in [4.78, 5) is 4.25. The summed E-state index contributed by atoms with van der Waals surface area (Å²) < 4.78 is 2.28. The number of aromatic nitrogens is 2. The first-order chi connectivity index (χ1) is 6.70. The normalized spacial score (nSPS) is 13.2. The van der Waals surface area contributed by atoms with Gasteiger partial charge in [0, 0.05) is 23.9 Å². The fourth-order valence-corrected chi connectivity index (χ4v) is 1.58. The molecule has 0 fully saturated rings. The molecule has 0 aliphatic heterocycles. The van der Waals surface area contributed by atoms with E-state index in [1.54, 1.807) is 0 Å². The van der Waals surface area contributed by atoms with Crippen LogP contribution in [0.25, 0.3) is 0 Å². The first-order valence-electron chi connectivity index (χ1n) is 5.71. The third-order valence-corrected chi connectivity index (χ3v) is 2.58. The molecule has 0 aromatic carbocycles. The predicted molar refractivity (Wildman–Crippen MR) is 65.0 cm³/mol. The Labute approximate surface area is 93.7 Å². The third kappa shape index (κ3) is 3.69. The highest BCUT2D eigenvalue weighted by Gasteiger charge is 2.19. The Bertz CT molecular complexity index is 310. The Kier molecular flexibility index (Phi) is 3.27. The molecule has 0 unspecified atom stereocenters. The van der Waals surface area contributed by atoms with Crippen LogP contribution in [0.5, 0.6) is 0 Å². The molecule has 15 heavy (non-hydrogen) atoms. The van der Waals surface area contributed by atoms with Crippen molar-refractivity contribution in [1.82, 2.24) is 9.55 Å². The second kappa shape index (κ2) is 3.99. The summed E-state index contributed by atoms with van der Waals surface area (Å²) in [6.45, 7) is 14.6. The highest BCUT2D eigenvalue weighted by Crippen LogP contribution is 2.24. The second-order valence-electron chi connectivity index (χ2n) is 6.53. The number of hydrogen-bond acceptors (Lipinski definition) is 1. The van der Waals surface area contributed by atoms with Crippen molar-refractivity contribution < 1.29 is 0 Å². The molecule has 0 bridgehead atoms. The summed E-state index contributed by atoms with van der Waals surface area (Å²) in [6.07, 6.45) is 5.13. The molecule has 0 amide bonds. The van der Waals surface area contributed by atoms with Crippen LogP contribution in [0.4, 0.5) is 0 Å². The Hall–Kier alpha value is -0.790. The van der Waals surface area contributed by atoms with E-state index in [1.807, 2.05) is 12.5 Å². The Morgan fingerprint density at radius 2 is 1.73 bits per heavy atom. The van der Waals surface area contributed by atoms with Crippen molar-refractivity contribution in [2.45, 2.75) is 59.9 Å². The summed E-state index contributed by atoms with van der Waals surface area (Å²) in [5.41, 5.74) is 1.90. The molecule has 1 aromatic rings. The van der Waals surface area contributed by atoms with Gasteiger partial charge in [0.2, 0.25) is 0 Å². The van der Waals surface area contributed by atoms with E-state index in [9.17, 15) is 0 Å². The van der Waals surface area contributed by atoms with Gasteiger partial charge < -0.3 is 4.57 Å². The lowest BCUT2D eigenvalue weighted by Gasteiger charge is -2.23. The zero-order chi connectivity index (χ0) is 11.7. The molecule has 0 spiro atoms. The summed E-state index contributed by atoms with van der Waals surface area (Å²) in [7, 11) is 0. The van der Waals surface area contributed by atoms with Crippen molar-refractivity contribution in [3.8, 4) is 0 Å². The van der Waals surface area contributed by atoms with Crippen LogP contribution in [0.1, 0.15) is 53.7 Å². The van der Waals surface area contributed by atoms with Gasteiger partial charge in [-0.05, 0) is 11.8 Å². The van der Waals surface area contributed by atoms with E-state index in [0.717, 1.165) is 6.54 Å². The molecule has 0 saturated carbocycles. The van der Waals surface area contributed by atoms with Crippen molar-refractivity contribution >= 4 is 0 Å². The van der Waals surface area contributed by atoms with E-state index in [4.69, 9.17) is 0 Å². The first-order valence-corrected chi connectivity index (χ1v) is 5.71. The van der Waals surface area contributed by atoms with E-state index in [2.05, 4.69) is 51.1 Å². The van der Waals surface area contributed by atoms with Gasteiger partial charge in [-0.3, -0.25) is 0 Å². The first kappa shape index (κ1) is 12.3. The van der Waals surface area contributed by atoms with E-state index in [0.29, 0.717) is 5.41 Å². The van der Waals surface area contributed by atoms with E-state index in [1.165, 1.54) is 12.1 Å². The van der Waals surface area contributed by atoms with Gasteiger partial charge >= 0.3 is 0 Å². The fraction of sp³-hybridized carbons (Fsp3) is 0.769. The minimum atomic E-state index is 0.189. The Morgan fingerprint density at radius 1 is 1.13 bits per heavy atom. The zero-order valence-corrected chi connectivity index (χ0v) is 11.0. The van der Waals surface area contributed by atoms with Crippen LogP contribution in [0, 0.1) is 5.41 Å². The lowest BCUT2D eigenvalue weighted by Crippen LogP contribution is -2.19. The maximum Gasteiger partial charge on any atom is 0.0948 e. The quantitative estimate of drug-likeness (QED) is 0.726. The number of nitrogens with zero attached hydrogens (tertiary/aromatic N) is 2. The van der Waals surface area contributed by atoms with Crippen molar-refractivity contribution in [3.63, 3.8) is 0 Å². The number of hydrogen-bond donors (Lipinski definition) is 0. The van der Waals surface area contributed by atoms with Crippen LogP contribution < -0.4 is 0 Å². The summed E-state index contributed by atoms with van der Waals surface area (Å²) in [5, 5.41) is 0. The van der Waals surface area contributed by atoms with Crippen LogP contribution in [-0.4, -0.2) is 9.55 Å². The minimum Gasteiger partial charge on any atom is -0.334 e. The Balaban J connectivity index is 2.75. The van der Waals surface area contributed by atoms with Gasteiger partial charge in [0.05, 0.1) is 6.33 Å². The van der Waals surface area contributed by atoms with Gasteiger partial charge in [-0.1, -0.05) is 41.5 Å². The van der Waals surface area contributed by atoms with Gasteiger partial charge in [0.25, 0.3) is 0 Å². The fourth-order valence-electron chi connectivity index (χ4n) is 1.58. The molecule has 0 atom stereocenters. The average Bonchev–Trinajstić information content (AvgIpc) is 2.45. The van der Waals surface area contributed by atoms with Gasteiger partial charge in [0.1, 0.15) is 0 Å². The molecule has 1 rings (SSSR count). The van der Waals surface area contributed by atoms with Crippen LogP contribution in [0.15, 0.2) is 12.5 Å². The molecule has 1 aromatic heterocycles. The van der Waals surface area contributed by atoms with Crippen molar-refractivity contribution in [3.05, 3.63) is 18.2 Å². The maximum absolute atomic E-state index is 4.25. The SMILES string of the molecule is CC(C)(C)CCn1cncc1C(C)(C)C. The number of rotatable bonds is 2. The molecule has 0 saturated heterocycles. The molecule has 2 heteroatoms. The van der Waals surface area contributed by atoms with Crippen LogP contribution >= 0.6 is 0 Å². The van der Waals surface area contributed by atoms with Crippen molar-refractivity contribution in [1.29, 1.82) is 0 Å². The number of imidazole rings is 1. The molecule has 0 N–H and O–H groups in total. The lowest BCUT2D eigenvalue weighted by atomic mass is 9.90. The van der Waals surface area contributed by atoms with E-state index in [-0.39, 0.29) is 5.41 Å². The highest BCUT2D eigenvalue weighted by molar-refractivity contribution is 5.10. The van der Waals surface area contributed by atoms with Crippen LogP contribution in [-0.2, 0) is 12.0 Å². The molecule has 1 heterocycles. The molecule has 2 nitrogen and oxygen atoms in total. The molecule has 0 aliphatic rings. The summed E-state index contributed by atoms with van der Waals surface area (Å²) in [5.74, 6) is 0. The van der Waals surface area contributed by atoms with Gasteiger partial charge in [-0.2, -0.15) is 0 Å².